The van der Waals surface area contributed by atoms with Gasteiger partial charge >= 0.3 is 6.09 Å². The molecule has 1 N–H and O–H groups in total. The van der Waals surface area contributed by atoms with Crippen LogP contribution in [0.25, 0.3) is 0 Å². The lowest BCUT2D eigenvalue weighted by atomic mass is 10.0. The lowest BCUT2D eigenvalue weighted by molar-refractivity contribution is -0.132. The standard InChI is InChI=1S/C23H37N3O3.2C2H6/c1-8-11-18(10-3)20(12-9-2)25(7)17-21(27)26-15-13-19(14-16-26)24-22(28)29-23(4,5)6;2*1-2/h8-9,11-12,19H,1-2,10,13-17H2,3-7H3,(H,24,28);2*1-2H3/b18-11-,20-12+;;. The number of likely N-dealkylation sites (N-methyl/N-ethyl adjacent to an activating group) is 1. The Bertz CT molecular complexity index is 652. The van der Waals surface area contributed by atoms with Gasteiger partial charge in [-0.3, -0.25) is 4.79 Å². The van der Waals surface area contributed by atoms with Crippen molar-refractivity contribution in [2.24, 2.45) is 0 Å². The van der Waals surface area contributed by atoms with E-state index in [1.54, 1.807) is 12.2 Å². The first-order valence-electron chi connectivity index (χ1n) is 12.2. The van der Waals surface area contributed by atoms with E-state index in [0.29, 0.717) is 13.1 Å². The zero-order valence-electron chi connectivity index (χ0n) is 22.7. The Kier molecular flexibility index (Phi) is 17.8. The van der Waals surface area contributed by atoms with Gasteiger partial charge in [-0.2, -0.15) is 0 Å². The van der Waals surface area contributed by atoms with Crippen LogP contribution in [-0.4, -0.2) is 60.1 Å². The highest BCUT2D eigenvalue weighted by Crippen LogP contribution is 2.19. The molecule has 0 aromatic carbocycles. The van der Waals surface area contributed by atoms with Crippen LogP contribution in [0.5, 0.6) is 0 Å². The first-order chi connectivity index (χ1) is 15.6. The molecular weight excluding hydrogens is 414 g/mol. The molecular formula is C27H49N3O3. The van der Waals surface area contributed by atoms with Crippen LogP contribution < -0.4 is 5.32 Å². The predicted molar refractivity (Wildman–Crippen MR) is 141 cm³/mol. The highest BCUT2D eigenvalue weighted by atomic mass is 16.6. The second kappa shape index (κ2) is 18.0. The first kappa shape index (κ1) is 32.7. The SMILES string of the molecule is C=C/C=C(CC)\C(=C/C=C)N(C)CC(=O)N1CCC(NC(=O)OC(C)(C)C)CC1.CC.CC. The Morgan fingerprint density at radius 1 is 1.06 bits per heavy atom. The molecule has 0 aliphatic carbocycles. The summed E-state index contributed by atoms with van der Waals surface area (Å²) in [5.41, 5.74) is 1.56. The van der Waals surface area contributed by atoms with Gasteiger partial charge in [-0.25, -0.2) is 4.79 Å². The molecule has 0 radical (unpaired) electrons. The number of carbonyl (C=O) groups excluding carboxylic acids is 2. The van der Waals surface area contributed by atoms with Gasteiger partial charge in [0.1, 0.15) is 5.60 Å². The number of likely N-dealkylation sites (tertiary alicyclic amines) is 1. The maximum absolute atomic E-state index is 12.8. The third kappa shape index (κ3) is 13.6. The monoisotopic (exact) mass is 463 g/mol. The molecule has 33 heavy (non-hydrogen) atoms. The summed E-state index contributed by atoms with van der Waals surface area (Å²) in [6.45, 7) is 24.7. The molecule has 0 unspecified atom stereocenters. The van der Waals surface area contributed by atoms with Gasteiger partial charge in [0.2, 0.25) is 5.91 Å². The average Bonchev–Trinajstić information content (AvgIpc) is 2.78. The van der Waals surface area contributed by atoms with Gasteiger partial charge in [0, 0.05) is 31.9 Å². The molecule has 0 spiro atoms. The summed E-state index contributed by atoms with van der Waals surface area (Å²) in [5, 5.41) is 2.90. The Balaban J connectivity index is 0. The topological polar surface area (TPSA) is 61.9 Å². The second-order valence-electron chi connectivity index (χ2n) is 8.23. The number of allylic oxidation sites excluding steroid dienone is 5. The molecule has 6 nitrogen and oxygen atoms in total. The predicted octanol–water partition coefficient (Wildman–Crippen LogP) is 6.08. The van der Waals surface area contributed by atoms with E-state index in [1.165, 1.54) is 0 Å². The maximum Gasteiger partial charge on any atom is 0.407 e. The van der Waals surface area contributed by atoms with Crippen molar-refractivity contribution in [1.29, 1.82) is 0 Å². The van der Waals surface area contributed by atoms with Crippen molar-refractivity contribution >= 4 is 12.0 Å². The van der Waals surface area contributed by atoms with Gasteiger partial charge in [-0.15, -0.1) is 0 Å². The van der Waals surface area contributed by atoms with E-state index in [9.17, 15) is 9.59 Å². The average molecular weight is 464 g/mol. The van der Waals surface area contributed by atoms with Crippen molar-refractivity contribution in [2.45, 2.75) is 86.3 Å². The van der Waals surface area contributed by atoms with Gasteiger partial charge < -0.3 is 19.9 Å². The molecule has 0 bridgehead atoms. The molecule has 1 aliphatic heterocycles. The normalized spacial score (nSPS) is 14.6. The number of rotatable bonds is 8. The van der Waals surface area contributed by atoms with Crippen molar-refractivity contribution in [2.75, 3.05) is 26.7 Å². The molecule has 0 aromatic heterocycles. The summed E-state index contributed by atoms with van der Waals surface area (Å²) in [7, 11) is 1.91. The fourth-order valence-electron chi connectivity index (χ4n) is 3.25. The number of carbonyl (C=O) groups is 2. The lowest BCUT2D eigenvalue weighted by Gasteiger charge is -2.34. The van der Waals surface area contributed by atoms with Gasteiger partial charge in [0.05, 0.1) is 6.54 Å². The molecule has 0 atom stereocenters. The molecule has 1 aliphatic rings. The van der Waals surface area contributed by atoms with Crippen LogP contribution in [0.3, 0.4) is 0 Å². The minimum atomic E-state index is -0.514. The minimum Gasteiger partial charge on any atom is -0.444 e. The van der Waals surface area contributed by atoms with Gasteiger partial charge in [0.15, 0.2) is 0 Å². The Hall–Kier alpha value is -2.50. The molecule has 1 saturated heterocycles. The Morgan fingerprint density at radius 2 is 1.58 bits per heavy atom. The van der Waals surface area contributed by atoms with Crippen LogP contribution in [0.2, 0.25) is 0 Å². The summed E-state index contributed by atoms with van der Waals surface area (Å²) < 4.78 is 5.31. The first-order valence-corrected chi connectivity index (χ1v) is 12.2. The van der Waals surface area contributed by atoms with E-state index in [1.807, 2.05) is 77.5 Å². The van der Waals surface area contributed by atoms with Crippen molar-refractivity contribution in [3.8, 4) is 0 Å². The zero-order valence-corrected chi connectivity index (χ0v) is 22.7. The number of piperidine rings is 1. The number of amides is 2. The zero-order chi connectivity index (χ0) is 26.0. The quantitative estimate of drug-likeness (QED) is 0.443. The molecule has 190 valence electrons. The van der Waals surface area contributed by atoms with Crippen molar-refractivity contribution in [1.82, 2.24) is 15.1 Å². The second-order valence-corrected chi connectivity index (χ2v) is 8.23. The number of alkyl carbamates (subject to hydrolysis) is 1. The van der Waals surface area contributed by atoms with Gasteiger partial charge in [-0.05, 0) is 51.7 Å². The van der Waals surface area contributed by atoms with Crippen molar-refractivity contribution in [3.05, 3.63) is 48.7 Å². The third-order valence-corrected chi connectivity index (χ3v) is 4.66. The molecule has 2 amide bonds. The number of hydrogen-bond acceptors (Lipinski definition) is 4. The van der Waals surface area contributed by atoms with Crippen LogP contribution in [0.4, 0.5) is 4.79 Å². The number of nitrogens with zero attached hydrogens (tertiary/aromatic N) is 2. The Labute approximate surface area is 203 Å². The molecule has 0 saturated carbocycles. The highest BCUT2D eigenvalue weighted by Gasteiger charge is 2.26. The number of nitrogens with one attached hydrogen (secondary N) is 1. The van der Waals surface area contributed by atoms with E-state index >= 15 is 0 Å². The fraction of sp³-hybridized carbons (Fsp3) is 0.630. The fourth-order valence-corrected chi connectivity index (χ4v) is 3.25. The van der Waals surface area contributed by atoms with Gasteiger partial charge in [0.25, 0.3) is 0 Å². The van der Waals surface area contributed by atoms with Crippen LogP contribution >= 0.6 is 0 Å². The molecule has 1 rings (SSSR count). The number of ether oxygens (including phenoxy) is 1. The van der Waals surface area contributed by atoms with Crippen molar-refractivity contribution < 1.29 is 14.3 Å². The summed E-state index contributed by atoms with van der Waals surface area (Å²) in [4.78, 5) is 28.5. The largest absolute Gasteiger partial charge is 0.444 e. The van der Waals surface area contributed by atoms with E-state index in [4.69, 9.17) is 4.74 Å². The molecule has 1 fully saturated rings. The van der Waals surface area contributed by atoms with Crippen molar-refractivity contribution in [3.63, 3.8) is 0 Å². The van der Waals surface area contributed by atoms with Gasteiger partial charge in [-0.1, -0.05) is 66.0 Å². The molecule has 0 aromatic rings. The van der Waals surface area contributed by atoms with Crippen LogP contribution in [0.1, 0.15) is 74.7 Å². The van der Waals surface area contributed by atoms with E-state index in [-0.39, 0.29) is 18.5 Å². The summed E-state index contributed by atoms with van der Waals surface area (Å²) in [6, 6.07) is 0.0325. The lowest BCUT2D eigenvalue weighted by Crippen LogP contribution is -2.49. The maximum atomic E-state index is 12.8. The summed E-state index contributed by atoms with van der Waals surface area (Å²) in [6.07, 6.45) is 9.26. The van der Waals surface area contributed by atoms with E-state index in [2.05, 4.69) is 25.4 Å². The number of hydrogen-bond donors (Lipinski definition) is 1. The molecule has 6 heteroatoms. The van der Waals surface area contributed by atoms with Crippen LogP contribution in [0, 0.1) is 0 Å². The summed E-state index contributed by atoms with van der Waals surface area (Å²) in [5.74, 6) is 0.0761. The van der Waals surface area contributed by atoms with Crippen LogP contribution in [0.15, 0.2) is 48.7 Å². The summed E-state index contributed by atoms with van der Waals surface area (Å²) >= 11 is 0. The smallest absolute Gasteiger partial charge is 0.407 e. The minimum absolute atomic E-state index is 0.0325. The van der Waals surface area contributed by atoms with E-state index < -0.39 is 11.7 Å². The van der Waals surface area contributed by atoms with E-state index in [0.717, 1.165) is 30.5 Å². The Morgan fingerprint density at radius 3 is 2.00 bits per heavy atom. The molecule has 1 heterocycles. The third-order valence-electron chi connectivity index (χ3n) is 4.66. The highest BCUT2D eigenvalue weighted by molar-refractivity contribution is 5.78. The van der Waals surface area contributed by atoms with Crippen LogP contribution in [-0.2, 0) is 9.53 Å².